The molecule has 0 aromatic heterocycles. The molecule has 0 radical (unpaired) electrons. The van der Waals surface area contributed by atoms with Crippen LogP contribution in [0.2, 0.25) is 10.0 Å². The van der Waals surface area contributed by atoms with Crippen molar-refractivity contribution in [3.63, 3.8) is 0 Å². The van der Waals surface area contributed by atoms with Gasteiger partial charge in [-0.25, -0.2) is 8.42 Å². The number of rotatable bonds is 8. The third-order valence-corrected chi connectivity index (χ3v) is 7.92. The summed E-state index contributed by atoms with van der Waals surface area (Å²) in [6.07, 6.45) is 0. The Hall–Kier alpha value is -3.32. The van der Waals surface area contributed by atoms with Crippen LogP contribution in [0.15, 0.2) is 108 Å². The number of amides is 1. The standard InChI is InChI=1S/C28H24Cl2N2O3S/c1-20-10-8-9-15-26(20)28(21-11-4-2-5-12-21)31-27(33)19-32(24-17-22(29)16-23(30)18-24)36(34,35)25-13-6-3-7-14-25/h2-18,28H,19H2,1H3,(H,31,33)/t28-/m1/s1. The molecule has 184 valence electrons. The van der Waals surface area contributed by atoms with Gasteiger partial charge in [0.05, 0.1) is 16.6 Å². The fraction of sp³-hybridized carbons (Fsp3) is 0.107. The summed E-state index contributed by atoms with van der Waals surface area (Å²) in [5, 5.41) is 3.55. The number of anilines is 1. The van der Waals surface area contributed by atoms with E-state index in [0.29, 0.717) is 0 Å². The molecule has 5 nitrogen and oxygen atoms in total. The zero-order valence-electron chi connectivity index (χ0n) is 19.4. The van der Waals surface area contributed by atoms with Crippen LogP contribution >= 0.6 is 23.2 Å². The van der Waals surface area contributed by atoms with Crippen molar-refractivity contribution in [3.8, 4) is 0 Å². The van der Waals surface area contributed by atoms with Gasteiger partial charge in [0.15, 0.2) is 0 Å². The zero-order chi connectivity index (χ0) is 25.7. The van der Waals surface area contributed by atoms with E-state index < -0.39 is 28.5 Å². The summed E-state index contributed by atoms with van der Waals surface area (Å²) in [6.45, 7) is 1.50. The second-order valence-corrected chi connectivity index (χ2v) is 11.0. The number of hydrogen-bond donors (Lipinski definition) is 1. The number of benzene rings is 4. The van der Waals surface area contributed by atoms with Crippen LogP contribution in [0.4, 0.5) is 5.69 Å². The van der Waals surface area contributed by atoms with Gasteiger partial charge in [-0.2, -0.15) is 0 Å². The highest BCUT2D eigenvalue weighted by Crippen LogP contribution is 2.30. The third-order valence-electron chi connectivity index (χ3n) is 5.69. The Morgan fingerprint density at radius 2 is 1.39 bits per heavy atom. The fourth-order valence-corrected chi connectivity index (χ4v) is 5.89. The molecule has 0 saturated heterocycles. The van der Waals surface area contributed by atoms with Gasteiger partial charge in [0, 0.05) is 10.0 Å². The van der Waals surface area contributed by atoms with Crippen molar-refractivity contribution in [2.24, 2.45) is 0 Å². The number of carbonyl (C=O) groups is 1. The van der Waals surface area contributed by atoms with Gasteiger partial charge in [0.1, 0.15) is 6.54 Å². The van der Waals surface area contributed by atoms with Gasteiger partial charge in [-0.05, 0) is 53.9 Å². The molecular formula is C28H24Cl2N2O3S. The molecular weight excluding hydrogens is 515 g/mol. The first kappa shape index (κ1) is 25.8. The maximum Gasteiger partial charge on any atom is 0.264 e. The van der Waals surface area contributed by atoms with Gasteiger partial charge < -0.3 is 5.32 Å². The molecule has 1 amide bonds. The molecule has 36 heavy (non-hydrogen) atoms. The smallest absolute Gasteiger partial charge is 0.264 e. The van der Waals surface area contributed by atoms with Crippen molar-refractivity contribution >= 4 is 44.8 Å². The van der Waals surface area contributed by atoms with Crippen LogP contribution in [0, 0.1) is 6.92 Å². The van der Waals surface area contributed by atoms with Crippen LogP contribution in [-0.2, 0) is 14.8 Å². The lowest BCUT2D eigenvalue weighted by Gasteiger charge is -2.27. The van der Waals surface area contributed by atoms with Crippen LogP contribution in [-0.4, -0.2) is 20.9 Å². The number of nitrogens with one attached hydrogen (secondary N) is 1. The maximum atomic E-state index is 13.6. The summed E-state index contributed by atoms with van der Waals surface area (Å²) in [5.74, 6) is -0.484. The number of aryl methyl sites for hydroxylation is 1. The van der Waals surface area contributed by atoms with Crippen LogP contribution < -0.4 is 9.62 Å². The molecule has 0 aliphatic rings. The summed E-state index contributed by atoms with van der Waals surface area (Å²) >= 11 is 12.4. The molecule has 4 aromatic carbocycles. The number of sulfonamides is 1. The summed E-state index contributed by atoms with van der Waals surface area (Å²) in [4.78, 5) is 13.5. The highest BCUT2D eigenvalue weighted by Gasteiger charge is 2.29. The number of carbonyl (C=O) groups excluding carboxylic acids is 1. The van der Waals surface area contributed by atoms with E-state index in [1.54, 1.807) is 18.2 Å². The molecule has 0 bridgehead atoms. The molecule has 4 rings (SSSR count). The lowest BCUT2D eigenvalue weighted by Crippen LogP contribution is -2.42. The van der Waals surface area contributed by atoms with E-state index in [1.807, 2.05) is 61.5 Å². The molecule has 1 atom stereocenters. The maximum absolute atomic E-state index is 13.6. The van der Waals surface area contributed by atoms with E-state index in [4.69, 9.17) is 23.2 Å². The molecule has 0 spiro atoms. The summed E-state index contributed by atoms with van der Waals surface area (Å²) in [7, 11) is -4.10. The van der Waals surface area contributed by atoms with Crippen LogP contribution in [0.1, 0.15) is 22.7 Å². The van der Waals surface area contributed by atoms with Gasteiger partial charge >= 0.3 is 0 Å². The minimum Gasteiger partial charge on any atom is -0.344 e. The Bertz CT molecular complexity index is 1440. The van der Waals surface area contributed by atoms with Gasteiger partial charge in [0.25, 0.3) is 10.0 Å². The van der Waals surface area contributed by atoms with Gasteiger partial charge in [-0.1, -0.05) is 96.0 Å². The zero-order valence-corrected chi connectivity index (χ0v) is 21.8. The monoisotopic (exact) mass is 538 g/mol. The average Bonchev–Trinajstić information content (AvgIpc) is 2.87. The van der Waals surface area contributed by atoms with Gasteiger partial charge in [0.2, 0.25) is 5.91 Å². The summed E-state index contributed by atoms with van der Waals surface area (Å²) < 4.78 is 28.3. The average molecular weight is 539 g/mol. The number of halogens is 2. The third kappa shape index (κ3) is 5.90. The topological polar surface area (TPSA) is 66.5 Å². The van der Waals surface area contributed by atoms with E-state index in [1.165, 1.54) is 30.3 Å². The van der Waals surface area contributed by atoms with Gasteiger partial charge in [-0.3, -0.25) is 9.10 Å². The Labute approximate surface area is 221 Å². The molecule has 0 unspecified atom stereocenters. The van der Waals surface area contributed by atoms with Crippen molar-refractivity contribution in [2.75, 3.05) is 10.8 Å². The largest absolute Gasteiger partial charge is 0.344 e. The Morgan fingerprint density at radius 3 is 2.00 bits per heavy atom. The van der Waals surface area contributed by atoms with E-state index in [2.05, 4.69) is 5.32 Å². The molecule has 0 aliphatic heterocycles. The first-order valence-electron chi connectivity index (χ1n) is 11.2. The highest BCUT2D eigenvalue weighted by molar-refractivity contribution is 7.92. The molecule has 0 heterocycles. The predicted molar refractivity (Wildman–Crippen MR) is 145 cm³/mol. The minimum absolute atomic E-state index is 0.0485. The minimum atomic E-state index is -4.10. The molecule has 1 N–H and O–H groups in total. The first-order chi connectivity index (χ1) is 17.3. The molecule has 4 aromatic rings. The van der Waals surface area contributed by atoms with E-state index in [9.17, 15) is 13.2 Å². The van der Waals surface area contributed by atoms with Gasteiger partial charge in [-0.15, -0.1) is 0 Å². The van der Waals surface area contributed by atoms with E-state index >= 15 is 0 Å². The normalized spacial score (nSPS) is 12.1. The number of hydrogen-bond acceptors (Lipinski definition) is 3. The predicted octanol–water partition coefficient (Wildman–Crippen LogP) is 6.40. The van der Waals surface area contributed by atoms with Crippen molar-refractivity contribution in [1.82, 2.24) is 5.32 Å². The lowest BCUT2D eigenvalue weighted by molar-refractivity contribution is -0.120. The Kier molecular flexibility index (Phi) is 7.99. The second-order valence-electron chi connectivity index (χ2n) is 8.22. The molecule has 0 fully saturated rings. The Balaban J connectivity index is 1.72. The highest BCUT2D eigenvalue weighted by atomic mass is 35.5. The lowest BCUT2D eigenvalue weighted by atomic mass is 9.95. The van der Waals surface area contributed by atoms with Crippen LogP contribution in [0.25, 0.3) is 0 Å². The SMILES string of the molecule is Cc1ccccc1[C@H](NC(=O)CN(c1cc(Cl)cc(Cl)c1)S(=O)(=O)c1ccccc1)c1ccccc1. The number of nitrogens with zero attached hydrogens (tertiary/aromatic N) is 1. The molecule has 0 saturated carbocycles. The van der Waals surface area contributed by atoms with Crippen molar-refractivity contribution in [2.45, 2.75) is 17.9 Å². The van der Waals surface area contributed by atoms with E-state index in [-0.39, 0.29) is 20.6 Å². The van der Waals surface area contributed by atoms with E-state index in [0.717, 1.165) is 21.0 Å². The first-order valence-corrected chi connectivity index (χ1v) is 13.4. The van der Waals surface area contributed by atoms with Crippen molar-refractivity contribution in [3.05, 3.63) is 130 Å². The summed E-state index contributed by atoms with van der Waals surface area (Å²) in [6, 6.07) is 29.2. The van der Waals surface area contributed by atoms with Crippen LogP contribution in [0.5, 0.6) is 0 Å². The molecule has 0 aliphatic carbocycles. The quantitative estimate of drug-likeness (QED) is 0.282. The Morgan fingerprint density at radius 1 is 0.833 bits per heavy atom. The van der Waals surface area contributed by atoms with Crippen LogP contribution in [0.3, 0.4) is 0 Å². The second kappa shape index (κ2) is 11.2. The van der Waals surface area contributed by atoms with Crippen molar-refractivity contribution < 1.29 is 13.2 Å². The molecule has 8 heteroatoms. The fourth-order valence-electron chi connectivity index (χ4n) is 3.95. The van der Waals surface area contributed by atoms with Crippen molar-refractivity contribution in [1.29, 1.82) is 0 Å². The summed E-state index contributed by atoms with van der Waals surface area (Å²) in [5.41, 5.74) is 2.99.